The van der Waals surface area contributed by atoms with Crippen LogP contribution in [0.3, 0.4) is 0 Å². The second-order valence-corrected chi connectivity index (χ2v) is 5.90. The molecule has 1 aromatic carbocycles. The number of benzene rings is 1. The lowest BCUT2D eigenvalue weighted by Crippen LogP contribution is -2.44. The van der Waals surface area contributed by atoms with E-state index in [0.29, 0.717) is 12.8 Å². The third-order valence-electron chi connectivity index (χ3n) is 3.96. The van der Waals surface area contributed by atoms with Crippen LogP contribution < -0.4 is 5.32 Å². The molecule has 0 aliphatic heterocycles. The molecule has 1 N–H and O–H groups in total. The van der Waals surface area contributed by atoms with Gasteiger partial charge >= 0.3 is 5.97 Å². The maximum atomic E-state index is 12.4. The SMILES string of the molecule is CCCC(=O)N[C@@H](Cc1ccccc1)C(=O)OC1CCCC1. The summed E-state index contributed by atoms with van der Waals surface area (Å²) in [5.41, 5.74) is 1.02. The maximum Gasteiger partial charge on any atom is 0.329 e. The highest BCUT2D eigenvalue weighted by Gasteiger charge is 2.26. The normalized spacial score (nSPS) is 16.2. The van der Waals surface area contributed by atoms with Gasteiger partial charge in [-0.3, -0.25) is 4.79 Å². The molecule has 4 nitrogen and oxygen atoms in total. The van der Waals surface area contributed by atoms with Crippen molar-refractivity contribution < 1.29 is 14.3 Å². The number of nitrogens with one attached hydrogen (secondary N) is 1. The fourth-order valence-corrected chi connectivity index (χ4v) is 2.79. The fourth-order valence-electron chi connectivity index (χ4n) is 2.79. The van der Waals surface area contributed by atoms with Gasteiger partial charge in [-0.1, -0.05) is 37.3 Å². The van der Waals surface area contributed by atoms with E-state index >= 15 is 0 Å². The van der Waals surface area contributed by atoms with Crippen LogP contribution in [0.1, 0.15) is 51.0 Å². The van der Waals surface area contributed by atoms with Crippen molar-refractivity contribution in [3.63, 3.8) is 0 Å². The molecule has 0 aromatic heterocycles. The zero-order valence-electron chi connectivity index (χ0n) is 13.2. The Bertz CT molecular complexity index is 480. The van der Waals surface area contributed by atoms with Crippen LogP contribution in [0, 0.1) is 0 Å². The van der Waals surface area contributed by atoms with Gasteiger partial charge in [-0.05, 0) is 37.7 Å². The van der Waals surface area contributed by atoms with E-state index in [1.165, 1.54) is 0 Å². The number of rotatable bonds is 7. The van der Waals surface area contributed by atoms with E-state index in [4.69, 9.17) is 4.74 Å². The van der Waals surface area contributed by atoms with Gasteiger partial charge in [0.05, 0.1) is 0 Å². The number of esters is 1. The number of ether oxygens (including phenoxy) is 1. The van der Waals surface area contributed by atoms with Gasteiger partial charge in [0.2, 0.25) is 5.91 Å². The fraction of sp³-hybridized carbons (Fsp3) is 0.556. The highest BCUT2D eigenvalue weighted by atomic mass is 16.5. The van der Waals surface area contributed by atoms with Crippen LogP contribution in [0.25, 0.3) is 0 Å². The van der Waals surface area contributed by atoms with Gasteiger partial charge in [0.1, 0.15) is 12.1 Å². The predicted octanol–water partition coefficient (Wildman–Crippen LogP) is 3.00. The zero-order chi connectivity index (χ0) is 15.8. The van der Waals surface area contributed by atoms with Crippen LogP contribution in [0.2, 0.25) is 0 Å². The largest absolute Gasteiger partial charge is 0.461 e. The van der Waals surface area contributed by atoms with Crippen molar-refractivity contribution in [1.29, 1.82) is 0 Å². The number of amides is 1. The molecule has 120 valence electrons. The smallest absolute Gasteiger partial charge is 0.329 e. The minimum absolute atomic E-state index is 0.0221. The van der Waals surface area contributed by atoms with E-state index in [0.717, 1.165) is 37.7 Å². The van der Waals surface area contributed by atoms with Crippen LogP contribution in [-0.2, 0) is 20.7 Å². The highest BCUT2D eigenvalue weighted by Crippen LogP contribution is 2.21. The quantitative estimate of drug-likeness (QED) is 0.788. The van der Waals surface area contributed by atoms with Gasteiger partial charge in [-0.25, -0.2) is 4.79 Å². The second-order valence-electron chi connectivity index (χ2n) is 5.90. The van der Waals surface area contributed by atoms with Crippen molar-refractivity contribution in [2.24, 2.45) is 0 Å². The van der Waals surface area contributed by atoms with Gasteiger partial charge in [-0.15, -0.1) is 0 Å². The number of hydrogen-bond acceptors (Lipinski definition) is 3. The third kappa shape index (κ3) is 5.17. The maximum absolute atomic E-state index is 12.4. The minimum Gasteiger partial charge on any atom is -0.461 e. The molecule has 1 saturated carbocycles. The second kappa shape index (κ2) is 8.57. The van der Waals surface area contributed by atoms with E-state index < -0.39 is 6.04 Å². The molecule has 1 aliphatic rings. The molecule has 1 amide bonds. The van der Waals surface area contributed by atoms with E-state index in [1.54, 1.807) is 0 Å². The van der Waals surface area contributed by atoms with E-state index in [1.807, 2.05) is 37.3 Å². The number of carbonyl (C=O) groups excluding carboxylic acids is 2. The average molecular weight is 303 g/mol. The Morgan fingerprint density at radius 2 is 1.91 bits per heavy atom. The standard InChI is InChI=1S/C18H25NO3/c1-2-8-17(20)19-16(13-14-9-4-3-5-10-14)18(21)22-15-11-6-7-12-15/h3-5,9-10,15-16H,2,6-8,11-13H2,1H3,(H,19,20)/t16-/m0/s1. The summed E-state index contributed by atoms with van der Waals surface area (Å²) >= 11 is 0. The molecule has 0 radical (unpaired) electrons. The molecule has 22 heavy (non-hydrogen) atoms. The molecule has 1 aliphatic carbocycles. The van der Waals surface area contributed by atoms with Crippen molar-refractivity contribution in [1.82, 2.24) is 5.32 Å². The lowest BCUT2D eigenvalue weighted by Gasteiger charge is -2.20. The first-order valence-electron chi connectivity index (χ1n) is 8.23. The molecule has 4 heteroatoms. The summed E-state index contributed by atoms with van der Waals surface area (Å²) in [6.07, 6.45) is 5.80. The Kier molecular flexibility index (Phi) is 6.44. The summed E-state index contributed by atoms with van der Waals surface area (Å²) in [5, 5.41) is 2.83. The minimum atomic E-state index is -0.595. The molecule has 0 saturated heterocycles. The topological polar surface area (TPSA) is 55.4 Å². The number of carbonyl (C=O) groups is 2. The van der Waals surface area contributed by atoms with Crippen molar-refractivity contribution in [2.45, 2.75) is 64.0 Å². The van der Waals surface area contributed by atoms with Gasteiger partial charge < -0.3 is 10.1 Å². The summed E-state index contributed by atoms with van der Waals surface area (Å²) in [4.78, 5) is 24.3. The summed E-state index contributed by atoms with van der Waals surface area (Å²) < 4.78 is 5.57. The highest BCUT2D eigenvalue weighted by molar-refractivity contribution is 5.84. The monoisotopic (exact) mass is 303 g/mol. The first-order chi connectivity index (χ1) is 10.7. The summed E-state index contributed by atoms with van der Waals surface area (Å²) in [6, 6.07) is 9.13. The Morgan fingerprint density at radius 1 is 1.23 bits per heavy atom. The van der Waals surface area contributed by atoms with Crippen LogP contribution in [0.15, 0.2) is 30.3 Å². The molecule has 2 rings (SSSR count). The van der Waals surface area contributed by atoms with Crippen LogP contribution in [0.4, 0.5) is 0 Å². The third-order valence-corrected chi connectivity index (χ3v) is 3.96. The molecular weight excluding hydrogens is 278 g/mol. The van der Waals surface area contributed by atoms with Crippen LogP contribution in [0.5, 0.6) is 0 Å². The van der Waals surface area contributed by atoms with Gasteiger partial charge in [0.15, 0.2) is 0 Å². The molecule has 1 aromatic rings. The van der Waals surface area contributed by atoms with Crippen LogP contribution in [-0.4, -0.2) is 24.0 Å². The Labute approximate surface area is 132 Å². The Morgan fingerprint density at radius 3 is 2.55 bits per heavy atom. The van der Waals surface area contributed by atoms with E-state index in [2.05, 4.69) is 5.32 Å². The van der Waals surface area contributed by atoms with Crippen LogP contribution >= 0.6 is 0 Å². The molecule has 1 fully saturated rings. The molecule has 0 bridgehead atoms. The molecule has 0 heterocycles. The van der Waals surface area contributed by atoms with E-state index in [-0.39, 0.29) is 18.0 Å². The summed E-state index contributed by atoms with van der Waals surface area (Å²) in [7, 11) is 0. The first kappa shape index (κ1) is 16.5. The van der Waals surface area contributed by atoms with Crippen molar-refractivity contribution in [3.05, 3.63) is 35.9 Å². The van der Waals surface area contributed by atoms with Crippen molar-refractivity contribution in [3.8, 4) is 0 Å². The van der Waals surface area contributed by atoms with Gasteiger partial charge in [0, 0.05) is 12.8 Å². The molecule has 0 spiro atoms. The number of hydrogen-bond donors (Lipinski definition) is 1. The predicted molar refractivity (Wildman–Crippen MR) is 85.3 cm³/mol. The van der Waals surface area contributed by atoms with Crippen molar-refractivity contribution in [2.75, 3.05) is 0 Å². The van der Waals surface area contributed by atoms with E-state index in [9.17, 15) is 9.59 Å². The lowest BCUT2D eigenvalue weighted by atomic mass is 10.1. The molecule has 1 atom stereocenters. The zero-order valence-corrected chi connectivity index (χ0v) is 13.2. The Balaban J connectivity index is 1.99. The summed E-state index contributed by atoms with van der Waals surface area (Å²) in [6.45, 7) is 1.95. The van der Waals surface area contributed by atoms with Gasteiger partial charge in [-0.2, -0.15) is 0 Å². The molecule has 0 unspecified atom stereocenters. The summed E-state index contributed by atoms with van der Waals surface area (Å²) in [5.74, 6) is -0.396. The first-order valence-corrected chi connectivity index (χ1v) is 8.23. The van der Waals surface area contributed by atoms with Crippen molar-refractivity contribution >= 4 is 11.9 Å². The van der Waals surface area contributed by atoms with Gasteiger partial charge in [0.25, 0.3) is 0 Å². The molecular formula is C18H25NO3. The Hall–Kier alpha value is -1.84. The lowest BCUT2D eigenvalue weighted by molar-refractivity contribution is -0.152. The average Bonchev–Trinajstić information content (AvgIpc) is 3.01.